The van der Waals surface area contributed by atoms with Crippen molar-refractivity contribution in [3.8, 4) is 5.75 Å². The van der Waals surface area contributed by atoms with Gasteiger partial charge in [-0.2, -0.15) is 0 Å². The molecule has 0 heterocycles. The largest absolute Gasteiger partial charge is 0.494 e. The summed E-state index contributed by atoms with van der Waals surface area (Å²) in [5, 5.41) is 36.3. The van der Waals surface area contributed by atoms with E-state index in [4.69, 9.17) is 15.6 Å². The number of benzene rings is 1. The van der Waals surface area contributed by atoms with Crippen LogP contribution in [-0.2, 0) is 33.6 Å². The van der Waals surface area contributed by atoms with E-state index in [0.717, 1.165) is 57.8 Å². The van der Waals surface area contributed by atoms with Gasteiger partial charge in [0, 0.05) is 38.6 Å². The molecule has 4 atom stereocenters. The summed E-state index contributed by atoms with van der Waals surface area (Å²) in [5.41, 5.74) is 6.21. The summed E-state index contributed by atoms with van der Waals surface area (Å²) in [6.07, 6.45) is 11.7. The Bertz CT molecular complexity index is 1490. The lowest BCUT2D eigenvalue weighted by atomic mass is 9.94. The SMILES string of the molecule is CN[C@@H](CCCCNC(=O)[C@@H](N)CCCCCC(=O)CC[C@H](NC(=O)CC[C@H](CC(=O)CCCCCCCCCCOc1ccc(C(=O)O)cc1)C(=O)O)C(=O)O)C(C)=O. The van der Waals surface area contributed by atoms with Gasteiger partial charge in [0.25, 0.3) is 0 Å². The maximum absolute atomic E-state index is 12.6. The zero-order chi connectivity index (χ0) is 44.7. The molecule has 0 saturated heterocycles. The van der Waals surface area contributed by atoms with Crippen LogP contribution in [0.5, 0.6) is 5.75 Å². The Balaban J connectivity index is 2.18. The van der Waals surface area contributed by atoms with E-state index in [0.29, 0.717) is 57.4 Å². The average molecular weight is 847 g/mol. The molecule has 0 aliphatic carbocycles. The normalized spacial score (nSPS) is 13.1. The summed E-state index contributed by atoms with van der Waals surface area (Å²) in [5.74, 6) is -5.08. The smallest absolute Gasteiger partial charge is 0.335 e. The van der Waals surface area contributed by atoms with Crippen LogP contribution in [0, 0.1) is 5.92 Å². The molecule has 0 radical (unpaired) electrons. The Morgan fingerprint density at radius 2 is 1.22 bits per heavy atom. The number of aliphatic carboxylic acids is 2. The van der Waals surface area contributed by atoms with E-state index in [2.05, 4.69) is 16.0 Å². The third-order valence-corrected chi connectivity index (χ3v) is 10.5. The molecule has 0 saturated carbocycles. The molecule has 0 spiro atoms. The number of rotatable bonds is 38. The van der Waals surface area contributed by atoms with E-state index in [1.165, 1.54) is 12.1 Å². The molecule has 60 heavy (non-hydrogen) atoms. The summed E-state index contributed by atoms with van der Waals surface area (Å²) in [4.78, 5) is 95.7. The number of aromatic carboxylic acids is 1. The van der Waals surface area contributed by atoms with Gasteiger partial charge in [0.05, 0.1) is 30.2 Å². The number of ketones is 3. The second-order valence-corrected chi connectivity index (χ2v) is 15.6. The molecule has 0 aliphatic heterocycles. The van der Waals surface area contributed by atoms with E-state index in [1.54, 1.807) is 26.1 Å². The fourth-order valence-electron chi connectivity index (χ4n) is 6.68. The van der Waals surface area contributed by atoms with Crippen molar-refractivity contribution in [3.05, 3.63) is 29.8 Å². The molecule has 1 aromatic carbocycles. The number of carbonyl (C=O) groups excluding carboxylic acids is 5. The lowest BCUT2D eigenvalue weighted by Gasteiger charge is -2.16. The number of carboxylic acid groups (broad SMARTS) is 3. The highest BCUT2D eigenvalue weighted by Crippen LogP contribution is 2.18. The second-order valence-electron chi connectivity index (χ2n) is 15.6. The summed E-state index contributed by atoms with van der Waals surface area (Å²) in [6, 6.07) is 4.14. The van der Waals surface area contributed by atoms with Crippen LogP contribution >= 0.6 is 0 Å². The van der Waals surface area contributed by atoms with Gasteiger partial charge >= 0.3 is 17.9 Å². The topological polar surface area (TPSA) is 269 Å². The lowest BCUT2D eigenvalue weighted by molar-refractivity contribution is -0.145. The molecule has 0 fully saturated rings. The minimum atomic E-state index is -1.31. The van der Waals surface area contributed by atoms with Crippen LogP contribution < -0.4 is 26.4 Å². The summed E-state index contributed by atoms with van der Waals surface area (Å²) < 4.78 is 5.64. The van der Waals surface area contributed by atoms with E-state index in [1.807, 2.05) is 0 Å². The number of unbranched alkanes of at least 4 members (excludes halogenated alkanes) is 10. The van der Waals surface area contributed by atoms with Gasteiger partial charge in [-0.05, 0) is 96.0 Å². The van der Waals surface area contributed by atoms with Crippen LogP contribution in [0.2, 0.25) is 0 Å². The first kappa shape index (κ1) is 53.3. The van der Waals surface area contributed by atoms with Gasteiger partial charge in [0.1, 0.15) is 29.1 Å². The minimum absolute atomic E-state index is 0.0576. The molecule has 1 aromatic rings. The van der Waals surface area contributed by atoms with Crippen molar-refractivity contribution in [1.29, 1.82) is 0 Å². The summed E-state index contributed by atoms with van der Waals surface area (Å²) in [7, 11) is 1.74. The molecule has 1 rings (SSSR count). The van der Waals surface area contributed by atoms with Crippen molar-refractivity contribution in [2.45, 2.75) is 166 Å². The molecule has 0 aromatic heterocycles. The van der Waals surface area contributed by atoms with E-state index in [-0.39, 0.29) is 79.8 Å². The predicted octanol–water partition coefficient (Wildman–Crippen LogP) is 5.37. The molecule has 338 valence electrons. The highest BCUT2D eigenvalue weighted by Gasteiger charge is 2.25. The third kappa shape index (κ3) is 25.7. The highest BCUT2D eigenvalue weighted by atomic mass is 16.5. The van der Waals surface area contributed by atoms with Crippen LogP contribution in [-0.4, -0.2) is 101 Å². The van der Waals surface area contributed by atoms with Crippen LogP contribution in [0.3, 0.4) is 0 Å². The second kappa shape index (κ2) is 32.1. The fraction of sp³-hybridized carbons (Fsp3) is 0.682. The highest BCUT2D eigenvalue weighted by molar-refractivity contribution is 5.88. The van der Waals surface area contributed by atoms with Gasteiger partial charge in [-0.3, -0.25) is 28.8 Å². The lowest BCUT2D eigenvalue weighted by Crippen LogP contribution is -2.41. The molecule has 16 nitrogen and oxygen atoms in total. The third-order valence-electron chi connectivity index (χ3n) is 10.5. The number of amides is 2. The Kier molecular flexibility index (Phi) is 28.5. The van der Waals surface area contributed by atoms with Gasteiger partial charge in [0.2, 0.25) is 11.8 Å². The van der Waals surface area contributed by atoms with Crippen molar-refractivity contribution in [3.63, 3.8) is 0 Å². The van der Waals surface area contributed by atoms with Crippen molar-refractivity contribution < 1.29 is 58.4 Å². The molecular weight excluding hydrogens is 777 g/mol. The first-order valence-corrected chi connectivity index (χ1v) is 21.6. The maximum atomic E-state index is 12.6. The fourth-order valence-corrected chi connectivity index (χ4v) is 6.68. The maximum Gasteiger partial charge on any atom is 0.335 e. The van der Waals surface area contributed by atoms with Crippen molar-refractivity contribution in [2.75, 3.05) is 20.2 Å². The molecule has 0 unspecified atom stereocenters. The zero-order valence-electron chi connectivity index (χ0n) is 35.7. The standard InChI is InChI=1S/C44H70N4O12/c1-31(49)38(46-2)19-13-14-28-47-41(53)37(45)18-12-9-11-16-34(50)23-26-39(44(58)59)48-40(52)27-22-33(43(56)57)30-35(51)17-10-7-5-3-4-6-8-15-29-60-36-24-20-32(21-25-36)42(54)55/h20-21,24-25,33,37-39,46H,3-19,22-23,26-30,45H2,1-2H3,(H,47,53)(H,48,52)(H,54,55)(H,56,57)(H,58,59)/t33-,37+,38+,39+/m1/s1. The quantitative estimate of drug-likeness (QED) is 0.0413. The van der Waals surface area contributed by atoms with Crippen LogP contribution in [0.15, 0.2) is 24.3 Å². The summed E-state index contributed by atoms with van der Waals surface area (Å²) in [6.45, 7) is 2.57. The monoisotopic (exact) mass is 846 g/mol. The van der Waals surface area contributed by atoms with Crippen LogP contribution in [0.1, 0.15) is 159 Å². The molecular formula is C44H70N4O12. The van der Waals surface area contributed by atoms with Crippen LogP contribution in [0.25, 0.3) is 0 Å². The number of Topliss-reactive ketones (excluding diaryl/α,β-unsaturated/α-hetero) is 3. The van der Waals surface area contributed by atoms with Crippen molar-refractivity contribution in [2.24, 2.45) is 11.7 Å². The van der Waals surface area contributed by atoms with Crippen molar-refractivity contribution in [1.82, 2.24) is 16.0 Å². The minimum Gasteiger partial charge on any atom is -0.494 e. The molecule has 0 bridgehead atoms. The summed E-state index contributed by atoms with van der Waals surface area (Å²) >= 11 is 0. The molecule has 0 aliphatic rings. The Morgan fingerprint density at radius 3 is 1.80 bits per heavy atom. The van der Waals surface area contributed by atoms with Crippen LogP contribution in [0.4, 0.5) is 0 Å². The number of likely N-dealkylation sites (N-methyl/N-ethyl adjacent to an activating group) is 1. The Labute approximate surface area is 354 Å². The Hall–Kier alpha value is -4.70. The number of nitrogens with two attached hydrogens (primary N) is 1. The van der Waals surface area contributed by atoms with E-state index in [9.17, 15) is 48.6 Å². The van der Waals surface area contributed by atoms with Gasteiger partial charge < -0.3 is 41.7 Å². The van der Waals surface area contributed by atoms with Gasteiger partial charge in [0.15, 0.2) is 0 Å². The molecule has 2 amide bonds. The van der Waals surface area contributed by atoms with E-state index < -0.39 is 41.8 Å². The Morgan fingerprint density at radius 1 is 0.633 bits per heavy atom. The molecule has 16 heteroatoms. The van der Waals surface area contributed by atoms with Gasteiger partial charge in [-0.25, -0.2) is 9.59 Å². The van der Waals surface area contributed by atoms with Gasteiger partial charge in [-0.1, -0.05) is 51.4 Å². The van der Waals surface area contributed by atoms with Gasteiger partial charge in [-0.15, -0.1) is 0 Å². The number of hydrogen-bond donors (Lipinski definition) is 7. The number of carbonyl (C=O) groups is 8. The zero-order valence-corrected chi connectivity index (χ0v) is 35.7. The number of carboxylic acids is 3. The first-order chi connectivity index (χ1) is 28.6. The van der Waals surface area contributed by atoms with E-state index >= 15 is 0 Å². The molecule has 8 N–H and O–H groups in total. The number of nitrogens with one attached hydrogen (secondary N) is 3. The number of hydrogen-bond acceptors (Lipinski definition) is 11. The average Bonchev–Trinajstić information content (AvgIpc) is 3.20. The predicted molar refractivity (Wildman–Crippen MR) is 226 cm³/mol. The first-order valence-electron chi connectivity index (χ1n) is 21.6. The number of ether oxygens (including phenoxy) is 1. The van der Waals surface area contributed by atoms with Crippen molar-refractivity contribution >= 4 is 47.1 Å².